The summed E-state index contributed by atoms with van der Waals surface area (Å²) in [5, 5.41) is 0. The maximum atomic E-state index is 12.9. The van der Waals surface area contributed by atoms with Crippen LogP contribution in [0.25, 0.3) is 0 Å². The van der Waals surface area contributed by atoms with Crippen molar-refractivity contribution in [3.8, 4) is 0 Å². The van der Waals surface area contributed by atoms with E-state index in [1.165, 1.54) is 135 Å². The van der Waals surface area contributed by atoms with E-state index in [4.69, 9.17) is 4.74 Å². The average Bonchev–Trinajstić information content (AvgIpc) is 3.51. The van der Waals surface area contributed by atoms with Crippen LogP contribution in [0, 0.1) is 52.3 Å². The van der Waals surface area contributed by atoms with E-state index < -0.39 is 0 Å². The maximum absolute atomic E-state index is 12.9. The molecule has 0 spiro atoms. The predicted octanol–water partition coefficient (Wildman–Crippen LogP) is 16.1. The highest BCUT2D eigenvalue weighted by atomic mass is 16.5. The summed E-state index contributed by atoms with van der Waals surface area (Å²) >= 11 is 0. The summed E-state index contributed by atoms with van der Waals surface area (Å²) in [6.45, 7) is 17.1. The van der Waals surface area contributed by atoms with Crippen LogP contribution in [0.5, 0.6) is 0 Å². The molecule has 2 nitrogen and oxygen atoms in total. The van der Waals surface area contributed by atoms with E-state index in [2.05, 4.69) is 91.0 Å². The Bertz CT molecular complexity index is 1190. The van der Waals surface area contributed by atoms with Crippen LogP contribution < -0.4 is 0 Å². The van der Waals surface area contributed by atoms with Gasteiger partial charge in [0.1, 0.15) is 6.10 Å². The second-order valence-corrected chi connectivity index (χ2v) is 19.8. The zero-order valence-corrected chi connectivity index (χ0v) is 36.9. The van der Waals surface area contributed by atoms with Crippen LogP contribution >= 0.6 is 0 Å². The lowest BCUT2D eigenvalue weighted by molar-refractivity contribution is -0.151. The molecule has 0 aromatic rings. The molecular formula is C52H88O2. The number of rotatable bonds is 25. The smallest absolute Gasteiger partial charge is 0.306 e. The summed E-state index contributed by atoms with van der Waals surface area (Å²) in [7, 11) is 0. The van der Waals surface area contributed by atoms with Crippen molar-refractivity contribution in [3.05, 3.63) is 48.1 Å². The molecule has 0 aliphatic heterocycles. The highest BCUT2D eigenvalue weighted by molar-refractivity contribution is 5.69. The Morgan fingerprint density at radius 2 is 1.37 bits per heavy atom. The van der Waals surface area contributed by atoms with E-state index in [0.717, 1.165) is 55.3 Å². The number of carbonyl (C=O) groups excluding carboxylic acids is 1. The molecule has 308 valence electrons. The Balaban J connectivity index is 1.04. The van der Waals surface area contributed by atoms with E-state index in [9.17, 15) is 4.79 Å². The van der Waals surface area contributed by atoms with Gasteiger partial charge in [0.25, 0.3) is 0 Å². The van der Waals surface area contributed by atoms with Gasteiger partial charge in [0.05, 0.1) is 0 Å². The molecule has 0 saturated heterocycles. The van der Waals surface area contributed by atoms with E-state index >= 15 is 0 Å². The molecule has 0 amide bonds. The fourth-order valence-corrected chi connectivity index (χ4v) is 11.7. The van der Waals surface area contributed by atoms with Gasteiger partial charge in [-0.2, -0.15) is 0 Å². The maximum Gasteiger partial charge on any atom is 0.306 e. The number of allylic oxidation sites excluding steroid dienone is 7. The molecule has 0 bridgehead atoms. The van der Waals surface area contributed by atoms with Gasteiger partial charge in [-0.05, 0) is 136 Å². The molecule has 9 atom stereocenters. The number of ether oxygens (including phenoxy) is 1. The zero-order chi connectivity index (χ0) is 38.8. The van der Waals surface area contributed by atoms with E-state index in [1.807, 2.05) is 0 Å². The highest BCUT2D eigenvalue weighted by Gasteiger charge is 2.59. The second-order valence-electron chi connectivity index (χ2n) is 19.8. The summed E-state index contributed by atoms with van der Waals surface area (Å²) in [6, 6.07) is 0. The number of unbranched alkanes of at least 4 members (excludes halogenated alkanes) is 14. The standard InChI is InChI=1S/C52H88O2/c1-8-9-10-11-12-13-14-15-16-17-18-19-20-21-22-23-24-25-26-27-28-29-50(53)54-45-36-38-51(6)44(40-45)32-33-46-48-35-34-47(52(48,7)39-37-49(46)51)43(5)31-30-42(4)41(2)3/h12-13,15-16,30-32,41-43,45-49H,8-11,14,17-29,33-40H2,1-7H3/b13-12-,16-15-,31-30+. The van der Waals surface area contributed by atoms with E-state index in [1.54, 1.807) is 5.57 Å². The number of fused-ring (bicyclic) bond motifs is 5. The molecule has 0 radical (unpaired) electrons. The van der Waals surface area contributed by atoms with Gasteiger partial charge in [0.2, 0.25) is 0 Å². The van der Waals surface area contributed by atoms with Crippen molar-refractivity contribution in [2.45, 2.75) is 222 Å². The van der Waals surface area contributed by atoms with Gasteiger partial charge in [-0.3, -0.25) is 4.79 Å². The topological polar surface area (TPSA) is 26.3 Å². The molecule has 2 heteroatoms. The zero-order valence-electron chi connectivity index (χ0n) is 36.9. The van der Waals surface area contributed by atoms with Crippen LogP contribution in [0.15, 0.2) is 48.1 Å². The Morgan fingerprint density at radius 1 is 0.741 bits per heavy atom. The first kappa shape index (κ1) is 45.1. The molecule has 54 heavy (non-hydrogen) atoms. The Kier molecular flexibility index (Phi) is 19.7. The van der Waals surface area contributed by atoms with Crippen LogP contribution in [0.2, 0.25) is 0 Å². The van der Waals surface area contributed by atoms with Gasteiger partial charge in [-0.25, -0.2) is 0 Å². The van der Waals surface area contributed by atoms with Gasteiger partial charge in [0, 0.05) is 12.8 Å². The molecule has 3 fully saturated rings. The third-order valence-corrected chi connectivity index (χ3v) is 15.7. The first-order valence-electron chi connectivity index (χ1n) is 24.0. The van der Waals surface area contributed by atoms with Gasteiger partial charge in [0.15, 0.2) is 0 Å². The Labute approximate surface area is 336 Å². The quantitative estimate of drug-likeness (QED) is 0.0529. The van der Waals surface area contributed by atoms with Crippen molar-refractivity contribution in [1.29, 1.82) is 0 Å². The number of carbonyl (C=O) groups is 1. The monoisotopic (exact) mass is 745 g/mol. The Morgan fingerprint density at radius 3 is 2.02 bits per heavy atom. The van der Waals surface area contributed by atoms with Crippen molar-refractivity contribution in [3.63, 3.8) is 0 Å². The molecule has 0 N–H and O–H groups in total. The SMILES string of the molecule is CCCCC/C=C\C/C=C\CCCCCCCCCCCCCC(=O)OC1CCC2(C)C(=CCC3C2CCC2(C)C(C(C)/C=C/C(C)C(C)C)CCC32)C1. The number of esters is 1. The lowest BCUT2D eigenvalue weighted by atomic mass is 9.47. The first-order chi connectivity index (χ1) is 26.1. The summed E-state index contributed by atoms with van der Waals surface area (Å²) in [4.78, 5) is 12.9. The molecule has 4 rings (SSSR count). The lowest BCUT2D eigenvalue weighted by Crippen LogP contribution is -2.51. The van der Waals surface area contributed by atoms with E-state index in [0.29, 0.717) is 29.1 Å². The summed E-state index contributed by atoms with van der Waals surface area (Å²) < 4.78 is 6.15. The van der Waals surface area contributed by atoms with Crippen LogP contribution in [-0.2, 0) is 9.53 Å². The number of hydrogen-bond donors (Lipinski definition) is 0. The third kappa shape index (κ3) is 13.3. The molecule has 9 unspecified atom stereocenters. The minimum Gasteiger partial charge on any atom is -0.462 e. The minimum absolute atomic E-state index is 0.0550. The molecule has 4 aliphatic rings. The summed E-state index contributed by atoms with van der Waals surface area (Å²) in [5.41, 5.74) is 2.43. The van der Waals surface area contributed by atoms with Crippen LogP contribution in [0.1, 0.15) is 215 Å². The van der Waals surface area contributed by atoms with Crippen molar-refractivity contribution in [2.24, 2.45) is 52.3 Å². The van der Waals surface area contributed by atoms with Crippen molar-refractivity contribution in [1.82, 2.24) is 0 Å². The highest BCUT2D eigenvalue weighted by Crippen LogP contribution is 2.67. The van der Waals surface area contributed by atoms with Gasteiger partial charge < -0.3 is 4.74 Å². The predicted molar refractivity (Wildman–Crippen MR) is 234 cm³/mol. The Hall–Kier alpha value is -1.57. The largest absolute Gasteiger partial charge is 0.462 e. The molecular weight excluding hydrogens is 657 g/mol. The van der Waals surface area contributed by atoms with Crippen molar-refractivity contribution >= 4 is 5.97 Å². The first-order valence-corrected chi connectivity index (χ1v) is 24.0. The van der Waals surface area contributed by atoms with Gasteiger partial charge >= 0.3 is 5.97 Å². The van der Waals surface area contributed by atoms with Crippen LogP contribution in [-0.4, -0.2) is 12.1 Å². The minimum atomic E-state index is 0.0550. The van der Waals surface area contributed by atoms with E-state index in [-0.39, 0.29) is 12.1 Å². The van der Waals surface area contributed by atoms with Gasteiger partial charge in [-0.1, -0.05) is 167 Å². The fraction of sp³-hybridized carbons (Fsp3) is 0.827. The van der Waals surface area contributed by atoms with Gasteiger partial charge in [-0.15, -0.1) is 0 Å². The third-order valence-electron chi connectivity index (χ3n) is 15.7. The summed E-state index contributed by atoms with van der Waals surface area (Å²) in [6.07, 6.45) is 49.9. The van der Waals surface area contributed by atoms with Crippen molar-refractivity contribution < 1.29 is 9.53 Å². The summed E-state index contributed by atoms with van der Waals surface area (Å²) in [5.74, 6) is 5.46. The second kappa shape index (κ2) is 23.6. The molecule has 3 saturated carbocycles. The molecule has 0 aromatic carbocycles. The molecule has 0 aromatic heterocycles. The number of hydrogen-bond acceptors (Lipinski definition) is 2. The van der Waals surface area contributed by atoms with Crippen LogP contribution in [0.3, 0.4) is 0 Å². The average molecular weight is 745 g/mol. The molecule has 0 heterocycles. The van der Waals surface area contributed by atoms with Crippen molar-refractivity contribution in [2.75, 3.05) is 0 Å². The molecule has 4 aliphatic carbocycles. The lowest BCUT2D eigenvalue weighted by Gasteiger charge is -2.58. The fourth-order valence-electron chi connectivity index (χ4n) is 11.7. The van der Waals surface area contributed by atoms with Crippen LogP contribution in [0.4, 0.5) is 0 Å². The normalized spacial score (nSPS) is 30.8.